The van der Waals surface area contributed by atoms with Crippen LogP contribution in [0.1, 0.15) is 12.5 Å². The molecule has 1 aromatic heterocycles. The van der Waals surface area contributed by atoms with Crippen molar-refractivity contribution in [2.45, 2.75) is 13.5 Å². The molecule has 0 fully saturated rings. The van der Waals surface area contributed by atoms with Gasteiger partial charge in [0.1, 0.15) is 11.5 Å². The van der Waals surface area contributed by atoms with Gasteiger partial charge < -0.3 is 15.2 Å². The molecule has 0 aliphatic rings. The van der Waals surface area contributed by atoms with E-state index in [1.165, 1.54) is 0 Å². The molecular weight excluding hydrogens is 258 g/mol. The van der Waals surface area contributed by atoms with Gasteiger partial charge in [-0.25, -0.2) is 0 Å². The van der Waals surface area contributed by atoms with Crippen LogP contribution in [0.4, 0.5) is 0 Å². The monoisotopic (exact) mass is 275 g/mol. The smallest absolute Gasteiger partial charge is 0.242 e. The average Bonchev–Trinajstić information content (AvgIpc) is 2.80. The third kappa shape index (κ3) is 2.76. The molecule has 0 spiro atoms. The average molecular weight is 275 g/mol. The Morgan fingerprint density at radius 2 is 2.16 bits per heavy atom. The summed E-state index contributed by atoms with van der Waals surface area (Å²) in [6.07, 6.45) is 1.91. The molecule has 19 heavy (non-hydrogen) atoms. The molecule has 0 unspecified atom stereocenters. The number of hydrogen-bond donors (Lipinski definition) is 1. The summed E-state index contributed by atoms with van der Waals surface area (Å²) in [4.78, 5) is 14.0. The Labute approximate surface area is 117 Å². The van der Waals surface area contributed by atoms with E-state index < -0.39 is 0 Å². The van der Waals surface area contributed by atoms with Crippen LogP contribution in [0, 0.1) is 0 Å². The number of likely N-dealkylation sites (N-methyl/N-ethyl adjacent to an activating group) is 1. The van der Waals surface area contributed by atoms with E-state index in [-0.39, 0.29) is 5.91 Å². The number of thiocarbonyl (C=S) groups is 1. The predicted molar refractivity (Wildman–Crippen MR) is 81.1 cm³/mol. The second kappa shape index (κ2) is 5.40. The van der Waals surface area contributed by atoms with Crippen molar-refractivity contribution >= 4 is 34.0 Å². The summed E-state index contributed by atoms with van der Waals surface area (Å²) in [6.45, 7) is 2.99. The van der Waals surface area contributed by atoms with E-state index in [2.05, 4.69) is 0 Å². The van der Waals surface area contributed by atoms with Crippen molar-refractivity contribution in [3.8, 4) is 0 Å². The number of fused-ring (bicyclic) bond motifs is 1. The summed E-state index contributed by atoms with van der Waals surface area (Å²) in [6, 6.07) is 7.78. The molecule has 2 rings (SSSR count). The summed E-state index contributed by atoms with van der Waals surface area (Å²) in [5.74, 6) is 0.0840. The highest BCUT2D eigenvalue weighted by Gasteiger charge is 2.10. The second-order valence-electron chi connectivity index (χ2n) is 4.49. The van der Waals surface area contributed by atoms with E-state index in [0.29, 0.717) is 18.1 Å². The van der Waals surface area contributed by atoms with Gasteiger partial charge in [-0.15, -0.1) is 0 Å². The Morgan fingerprint density at radius 3 is 2.79 bits per heavy atom. The standard InChI is InChI=1S/C14H17N3OS/c1-3-16(2)13(18)9-17-7-6-10-4-5-11(14(15)19)8-12(10)17/h4-8H,3,9H2,1-2H3,(H2,15,19). The molecule has 1 aromatic carbocycles. The second-order valence-corrected chi connectivity index (χ2v) is 4.93. The SMILES string of the molecule is CCN(C)C(=O)Cn1ccc2ccc(C(N)=S)cc21. The largest absolute Gasteiger partial charge is 0.389 e. The molecule has 0 radical (unpaired) electrons. The molecule has 1 heterocycles. The number of aromatic nitrogens is 1. The van der Waals surface area contributed by atoms with Crippen LogP contribution in [0.5, 0.6) is 0 Å². The van der Waals surface area contributed by atoms with Crippen molar-refractivity contribution in [2.75, 3.05) is 13.6 Å². The molecular formula is C14H17N3OS. The normalized spacial score (nSPS) is 10.6. The third-order valence-electron chi connectivity index (χ3n) is 3.26. The molecule has 1 amide bonds. The topological polar surface area (TPSA) is 51.3 Å². The lowest BCUT2D eigenvalue weighted by Gasteiger charge is -2.15. The van der Waals surface area contributed by atoms with Gasteiger partial charge >= 0.3 is 0 Å². The van der Waals surface area contributed by atoms with Gasteiger partial charge in [-0.2, -0.15) is 0 Å². The number of amides is 1. The van der Waals surface area contributed by atoms with Crippen LogP contribution in [-0.4, -0.2) is 34.0 Å². The number of rotatable bonds is 4. The van der Waals surface area contributed by atoms with Crippen LogP contribution in [-0.2, 0) is 11.3 Å². The number of carbonyl (C=O) groups is 1. The maximum Gasteiger partial charge on any atom is 0.242 e. The number of hydrogen-bond acceptors (Lipinski definition) is 2. The van der Waals surface area contributed by atoms with Gasteiger partial charge in [0, 0.05) is 30.9 Å². The predicted octanol–water partition coefficient (Wildman–Crippen LogP) is 1.75. The summed E-state index contributed by atoms with van der Waals surface area (Å²) >= 11 is 4.98. The van der Waals surface area contributed by atoms with Crippen LogP contribution in [0.25, 0.3) is 10.9 Å². The zero-order chi connectivity index (χ0) is 14.0. The minimum atomic E-state index is 0.0840. The van der Waals surface area contributed by atoms with Crippen molar-refractivity contribution in [1.82, 2.24) is 9.47 Å². The van der Waals surface area contributed by atoms with Crippen LogP contribution in [0.3, 0.4) is 0 Å². The maximum atomic E-state index is 12.0. The van der Waals surface area contributed by atoms with Crippen molar-refractivity contribution in [3.63, 3.8) is 0 Å². The maximum absolute atomic E-state index is 12.0. The van der Waals surface area contributed by atoms with Gasteiger partial charge in [-0.1, -0.05) is 24.4 Å². The highest BCUT2D eigenvalue weighted by molar-refractivity contribution is 7.80. The highest BCUT2D eigenvalue weighted by Crippen LogP contribution is 2.18. The molecule has 0 aliphatic heterocycles. The zero-order valence-corrected chi connectivity index (χ0v) is 11.9. The van der Waals surface area contributed by atoms with Gasteiger partial charge in [0.25, 0.3) is 0 Å². The Bertz CT molecular complexity index is 633. The van der Waals surface area contributed by atoms with E-state index >= 15 is 0 Å². The quantitative estimate of drug-likeness (QED) is 0.865. The van der Waals surface area contributed by atoms with Crippen molar-refractivity contribution in [1.29, 1.82) is 0 Å². The van der Waals surface area contributed by atoms with E-state index in [1.54, 1.807) is 11.9 Å². The van der Waals surface area contributed by atoms with E-state index in [0.717, 1.165) is 16.5 Å². The molecule has 0 atom stereocenters. The molecule has 0 saturated carbocycles. The lowest BCUT2D eigenvalue weighted by atomic mass is 10.1. The van der Waals surface area contributed by atoms with Crippen LogP contribution >= 0.6 is 12.2 Å². The first-order chi connectivity index (χ1) is 9.02. The van der Waals surface area contributed by atoms with Crippen LogP contribution in [0.2, 0.25) is 0 Å². The van der Waals surface area contributed by atoms with Gasteiger partial charge in [0.05, 0.1) is 0 Å². The fourth-order valence-electron chi connectivity index (χ4n) is 1.92. The zero-order valence-electron chi connectivity index (χ0n) is 11.1. The van der Waals surface area contributed by atoms with E-state index in [9.17, 15) is 4.79 Å². The van der Waals surface area contributed by atoms with Crippen LogP contribution in [0.15, 0.2) is 30.5 Å². The van der Waals surface area contributed by atoms with Crippen LogP contribution < -0.4 is 5.73 Å². The number of carbonyl (C=O) groups excluding carboxylic acids is 1. The third-order valence-corrected chi connectivity index (χ3v) is 3.50. The Morgan fingerprint density at radius 1 is 1.42 bits per heavy atom. The Hall–Kier alpha value is -1.88. The molecule has 5 heteroatoms. The van der Waals surface area contributed by atoms with E-state index in [4.69, 9.17) is 18.0 Å². The number of benzene rings is 1. The number of nitrogens with zero attached hydrogens (tertiary/aromatic N) is 2. The molecule has 4 nitrogen and oxygen atoms in total. The first kappa shape index (κ1) is 13.5. The first-order valence-corrected chi connectivity index (χ1v) is 6.56. The molecule has 2 aromatic rings. The van der Waals surface area contributed by atoms with Crippen molar-refractivity contribution in [3.05, 3.63) is 36.0 Å². The minimum Gasteiger partial charge on any atom is -0.389 e. The van der Waals surface area contributed by atoms with Gasteiger partial charge in [0.2, 0.25) is 5.91 Å². The molecule has 0 bridgehead atoms. The van der Waals surface area contributed by atoms with Gasteiger partial charge in [-0.3, -0.25) is 4.79 Å². The van der Waals surface area contributed by atoms with Crippen molar-refractivity contribution < 1.29 is 4.79 Å². The summed E-state index contributed by atoms with van der Waals surface area (Å²) in [5, 5.41) is 1.08. The molecule has 0 saturated heterocycles. The Balaban J connectivity index is 2.36. The minimum absolute atomic E-state index is 0.0840. The molecule has 2 N–H and O–H groups in total. The first-order valence-electron chi connectivity index (χ1n) is 6.15. The lowest BCUT2D eigenvalue weighted by Crippen LogP contribution is -2.29. The number of nitrogens with two attached hydrogens (primary N) is 1. The molecule has 100 valence electrons. The summed E-state index contributed by atoms with van der Waals surface area (Å²) < 4.78 is 1.92. The summed E-state index contributed by atoms with van der Waals surface area (Å²) in [7, 11) is 1.80. The fraction of sp³-hybridized carbons (Fsp3) is 0.286. The van der Waals surface area contributed by atoms with Gasteiger partial charge in [0.15, 0.2) is 0 Å². The van der Waals surface area contributed by atoms with Crippen molar-refractivity contribution in [2.24, 2.45) is 5.73 Å². The fourth-order valence-corrected chi connectivity index (χ4v) is 2.04. The summed E-state index contributed by atoms with van der Waals surface area (Å²) in [5.41, 5.74) is 7.44. The van der Waals surface area contributed by atoms with E-state index in [1.807, 2.05) is 42.0 Å². The highest BCUT2D eigenvalue weighted by atomic mass is 32.1. The van der Waals surface area contributed by atoms with Gasteiger partial charge in [-0.05, 0) is 24.4 Å². The molecule has 0 aliphatic carbocycles. The Kier molecular flexibility index (Phi) is 3.85. The lowest BCUT2D eigenvalue weighted by molar-refractivity contribution is -0.130.